The smallest absolute Gasteiger partial charge is 0.219 e. The number of hydrogen-bond donors (Lipinski definition) is 1. The molecule has 0 aliphatic rings. The van der Waals surface area contributed by atoms with Gasteiger partial charge in [0, 0.05) is 19.7 Å². The van der Waals surface area contributed by atoms with E-state index < -0.39 is 10.0 Å². The second-order valence-corrected chi connectivity index (χ2v) is 5.31. The fourth-order valence-corrected chi connectivity index (χ4v) is 2.15. The van der Waals surface area contributed by atoms with E-state index in [1.807, 2.05) is 0 Å². The molecule has 1 rings (SSSR count). The molecule has 7 heteroatoms. The highest BCUT2D eigenvalue weighted by Crippen LogP contribution is 2.09. The minimum absolute atomic E-state index is 0.0825. The Morgan fingerprint density at radius 2 is 2.27 bits per heavy atom. The van der Waals surface area contributed by atoms with Crippen LogP contribution in [0, 0.1) is 6.92 Å². The molecule has 1 aromatic rings. The Bertz CT molecular complexity index is 412. The van der Waals surface area contributed by atoms with Gasteiger partial charge in [-0.15, -0.1) is 0 Å². The fourth-order valence-electron chi connectivity index (χ4n) is 1.06. The molecule has 0 saturated heterocycles. The molecule has 0 saturated carbocycles. The maximum Gasteiger partial charge on any atom is 0.219 e. The third-order valence-electron chi connectivity index (χ3n) is 1.90. The highest BCUT2D eigenvalue weighted by Gasteiger charge is 2.19. The average molecular weight is 234 g/mol. The summed E-state index contributed by atoms with van der Waals surface area (Å²) in [5.74, 6) is 0.367. The molecule has 0 aromatic carbocycles. The van der Waals surface area contributed by atoms with Crippen LogP contribution in [0.3, 0.4) is 0 Å². The van der Waals surface area contributed by atoms with E-state index in [-0.39, 0.29) is 18.9 Å². The van der Waals surface area contributed by atoms with Crippen LogP contribution >= 0.6 is 0 Å². The van der Waals surface area contributed by atoms with Crippen LogP contribution in [0.2, 0.25) is 0 Å². The summed E-state index contributed by atoms with van der Waals surface area (Å²) in [7, 11) is -2.00. The highest BCUT2D eigenvalue weighted by molar-refractivity contribution is 7.88. The molecular weight excluding hydrogens is 220 g/mol. The lowest BCUT2D eigenvalue weighted by Gasteiger charge is -2.14. The molecule has 0 atom stereocenters. The van der Waals surface area contributed by atoms with Gasteiger partial charge in [-0.1, -0.05) is 5.16 Å². The van der Waals surface area contributed by atoms with Crippen LogP contribution in [0.15, 0.2) is 10.6 Å². The van der Waals surface area contributed by atoms with E-state index in [0.29, 0.717) is 11.5 Å². The van der Waals surface area contributed by atoms with Crippen molar-refractivity contribution in [2.75, 3.05) is 20.2 Å². The Balaban J connectivity index is 2.72. The number of likely N-dealkylation sites (N-methyl/N-ethyl adjacent to an activating group) is 1. The van der Waals surface area contributed by atoms with Crippen LogP contribution in [0.4, 0.5) is 0 Å². The van der Waals surface area contributed by atoms with Crippen molar-refractivity contribution in [3.8, 4) is 0 Å². The summed E-state index contributed by atoms with van der Waals surface area (Å²) in [6.07, 6.45) is 0. The second-order valence-electron chi connectivity index (χ2n) is 3.23. The van der Waals surface area contributed by atoms with Gasteiger partial charge in [-0.25, -0.2) is 12.7 Å². The number of aliphatic hydroxyl groups is 1. The van der Waals surface area contributed by atoms with Crippen LogP contribution in [0.25, 0.3) is 0 Å². The first-order valence-electron chi connectivity index (χ1n) is 4.43. The van der Waals surface area contributed by atoms with Crippen molar-refractivity contribution in [3.05, 3.63) is 17.5 Å². The van der Waals surface area contributed by atoms with Crippen LogP contribution in [-0.2, 0) is 15.8 Å². The lowest BCUT2D eigenvalue weighted by atomic mass is 10.4. The topological polar surface area (TPSA) is 83.6 Å². The summed E-state index contributed by atoms with van der Waals surface area (Å²) in [5.41, 5.74) is 0.372. The van der Waals surface area contributed by atoms with Crippen LogP contribution in [0.1, 0.15) is 11.5 Å². The van der Waals surface area contributed by atoms with E-state index in [1.54, 1.807) is 13.0 Å². The van der Waals surface area contributed by atoms with Crippen molar-refractivity contribution in [1.82, 2.24) is 9.46 Å². The van der Waals surface area contributed by atoms with Gasteiger partial charge < -0.3 is 9.63 Å². The predicted molar refractivity (Wildman–Crippen MR) is 53.6 cm³/mol. The molecule has 0 amide bonds. The molecule has 0 bridgehead atoms. The summed E-state index contributed by atoms with van der Waals surface area (Å²) in [4.78, 5) is 0. The van der Waals surface area contributed by atoms with Crippen molar-refractivity contribution < 1.29 is 18.0 Å². The van der Waals surface area contributed by atoms with Crippen molar-refractivity contribution in [2.24, 2.45) is 0 Å². The van der Waals surface area contributed by atoms with Crippen molar-refractivity contribution >= 4 is 10.0 Å². The Morgan fingerprint density at radius 1 is 1.60 bits per heavy atom. The predicted octanol–water partition coefficient (Wildman–Crippen LogP) is -0.263. The summed E-state index contributed by atoms with van der Waals surface area (Å²) >= 11 is 0. The first-order valence-corrected chi connectivity index (χ1v) is 6.03. The van der Waals surface area contributed by atoms with E-state index in [9.17, 15) is 8.42 Å². The minimum atomic E-state index is -3.41. The zero-order chi connectivity index (χ0) is 11.5. The lowest BCUT2D eigenvalue weighted by Crippen LogP contribution is -2.30. The largest absolute Gasteiger partial charge is 0.395 e. The second kappa shape index (κ2) is 4.73. The molecule has 0 spiro atoms. The van der Waals surface area contributed by atoms with Crippen molar-refractivity contribution in [3.63, 3.8) is 0 Å². The number of hydrogen-bond acceptors (Lipinski definition) is 5. The molecule has 1 heterocycles. The average Bonchev–Trinajstić information content (AvgIpc) is 2.50. The molecule has 1 aromatic heterocycles. The molecule has 15 heavy (non-hydrogen) atoms. The number of aliphatic hydroxyl groups excluding tert-OH is 1. The number of sulfonamides is 1. The van der Waals surface area contributed by atoms with Crippen LogP contribution in [0.5, 0.6) is 0 Å². The van der Waals surface area contributed by atoms with Gasteiger partial charge in [0.2, 0.25) is 10.0 Å². The van der Waals surface area contributed by atoms with Crippen LogP contribution < -0.4 is 0 Å². The molecule has 0 radical (unpaired) electrons. The Kier molecular flexibility index (Phi) is 3.83. The molecule has 0 aliphatic heterocycles. The third-order valence-corrected chi connectivity index (χ3v) is 3.69. The Hall–Kier alpha value is -0.920. The fraction of sp³-hybridized carbons (Fsp3) is 0.625. The van der Waals surface area contributed by atoms with Crippen molar-refractivity contribution in [1.29, 1.82) is 0 Å². The van der Waals surface area contributed by atoms with E-state index >= 15 is 0 Å². The van der Waals surface area contributed by atoms with Gasteiger partial charge in [-0.2, -0.15) is 0 Å². The SMILES string of the molecule is Cc1cc(CS(=O)(=O)N(C)CCO)no1. The summed E-state index contributed by atoms with van der Waals surface area (Å²) in [6.45, 7) is 1.58. The van der Waals surface area contributed by atoms with E-state index in [0.717, 1.165) is 4.31 Å². The molecule has 86 valence electrons. The zero-order valence-electron chi connectivity index (χ0n) is 8.67. The van der Waals surface area contributed by atoms with E-state index in [4.69, 9.17) is 9.63 Å². The zero-order valence-corrected chi connectivity index (χ0v) is 9.49. The summed E-state index contributed by atoms with van der Waals surface area (Å²) < 4.78 is 29.1. The first-order chi connectivity index (χ1) is 6.95. The minimum Gasteiger partial charge on any atom is -0.395 e. The van der Waals surface area contributed by atoms with E-state index in [1.165, 1.54) is 7.05 Å². The molecule has 6 nitrogen and oxygen atoms in total. The molecule has 0 fully saturated rings. The van der Waals surface area contributed by atoms with Gasteiger partial charge in [0.1, 0.15) is 17.2 Å². The lowest BCUT2D eigenvalue weighted by molar-refractivity contribution is 0.266. The number of aryl methyl sites for hydroxylation is 1. The van der Waals surface area contributed by atoms with Gasteiger partial charge in [0.05, 0.1) is 6.61 Å². The number of nitrogens with zero attached hydrogens (tertiary/aromatic N) is 2. The van der Waals surface area contributed by atoms with E-state index in [2.05, 4.69) is 5.16 Å². The third kappa shape index (κ3) is 3.29. The Labute approximate surface area is 88.5 Å². The van der Waals surface area contributed by atoms with Crippen molar-refractivity contribution in [2.45, 2.75) is 12.7 Å². The quantitative estimate of drug-likeness (QED) is 0.758. The van der Waals surface area contributed by atoms with Gasteiger partial charge in [0.15, 0.2) is 0 Å². The van der Waals surface area contributed by atoms with Crippen LogP contribution in [-0.4, -0.2) is 43.2 Å². The molecular formula is C8H14N2O4S. The first kappa shape index (κ1) is 12.2. The maximum atomic E-state index is 11.6. The van der Waals surface area contributed by atoms with Gasteiger partial charge in [-0.05, 0) is 6.92 Å². The van der Waals surface area contributed by atoms with Gasteiger partial charge in [-0.3, -0.25) is 0 Å². The van der Waals surface area contributed by atoms with Gasteiger partial charge >= 0.3 is 0 Å². The van der Waals surface area contributed by atoms with Gasteiger partial charge in [0.25, 0.3) is 0 Å². The normalized spacial score (nSPS) is 12.3. The summed E-state index contributed by atoms with van der Waals surface area (Å²) in [5, 5.41) is 12.2. The number of rotatable bonds is 5. The number of aromatic nitrogens is 1. The molecule has 0 aliphatic carbocycles. The standard InChI is InChI=1S/C8H14N2O4S/c1-7-5-8(9-14-7)6-15(12,13)10(2)3-4-11/h5,11H,3-4,6H2,1-2H3. The summed E-state index contributed by atoms with van der Waals surface area (Å²) in [6, 6.07) is 1.57. The maximum absolute atomic E-state index is 11.6. The monoisotopic (exact) mass is 234 g/mol. The molecule has 0 unspecified atom stereocenters. The molecule has 1 N–H and O–H groups in total. The highest BCUT2D eigenvalue weighted by atomic mass is 32.2. The Morgan fingerprint density at radius 3 is 2.73 bits per heavy atom.